The molecule has 0 spiro atoms. The minimum atomic E-state index is 0.000607. The maximum atomic E-state index is 5.87. The Kier molecular flexibility index (Phi) is 4.68. The van der Waals surface area contributed by atoms with Gasteiger partial charge >= 0.3 is 0 Å². The highest BCUT2D eigenvalue weighted by Crippen LogP contribution is 2.36. The third-order valence-electron chi connectivity index (χ3n) is 4.48. The molecule has 18 heavy (non-hydrogen) atoms. The molecule has 2 aliphatic rings. The molecule has 0 saturated carbocycles. The Morgan fingerprint density at radius 2 is 1.78 bits per heavy atom. The average molecular weight is 254 g/mol. The second-order valence-electron chi connectivity index (χ2n) is 6.48. The van der Waals surface area contributed by atoms with Crippen molar-refractivity contribution in [2.45, 2.75) is 77.1 Å². The van der Waals surface area contributed by atoms with Gasteiger partial charge in [-0.15, -0.1) is 0 Å². The third kappa shape index (κ3) is 3.25. The molecule has 0 aromatic rings. The molecule has 0 aliphatic carbocycles. The minimum Gasteiger partial charge on any atom is -0.375 e. The molecule has 0 aromatic carbocycles. The molecule has 2 bridgehead atoms. The fraction of sp³-hybridized carbons (Fsp3) is 1.00. The van der Waals surface area contributed by atoms with Crippen molar-refractivity contribution in [3.8, 4) is 0 Å². The Hall–Kier alpha value is -0.120. The number of piperidine rings is 1. The number of rotatable bonds is 6. The Balaban J connectivity index is 1.92. The standard InChI is InChI=1S/C15H30N2O/c1-5-16-12-9-13-7-8-14(10-12)17(13)11-15(3,4)18-6-2/h12-14,16H,5-11H2,1-4H3. The van der Waals surface area contributed by atoms with Gasteiger partial charge in [0.15, 0.2) is 0 Å². The Labute approximate surface area is 112 Å². The fourth-order valence-electron chi connectivity index (χ4n) is 3.86. The summed E-state index contributed by atoms with van der Waals surface area (Å²) >= 11 is 0. The summed E-state index contributed by atoms with van der Waals surface area (Å²) < 4.78 is 5.87. The van der Waals surface area contributed by atoms with Crippen LogP contribution < -0.4 is 5.32 Å². The van der Waals surface area contributed by atoms with Crippen LogP contribution >= 0.6 is 0 Å². The van der Waals surface area contributed by atoms with Gasteiger partial charge in [0.1, 0.15) is 0 Å². The molecule has 2 unspecified atom stereocenters. The molecule has 3 heteroatoms. The lowest BCUT2D eigenvalue weighted by atomic mass is 9.95. The number of nitrogens with zero attached hydrogens (tertiary/aromatic N) is 1. The lowest BCUT2D eigenvalue weighted by Crippen LogP contribution is -2.53. The van der Waals surface area contributed by atoms with Gasteiger partial charge in [0.25, 0.3) is 0 Å². The van der Waals surface area contributed by atoms with Crippen molar-refractivity contribution in [2.75, 3.05) is 19.7 Å². The van der Waals surface area contributed by atoms with Gasteiger partial charge in [-0.1, -0.05) is 6.92 Å². The van der Waals surface area contributed by atoms with E-state index in [0.717, 1.165) is 37.8 Å². The number of nitrogens with one attached hydrogen (secondary N) is 1. The van der Waals surface area contributed by atoms with E-state index in [9.17, 15) is 0 Å². The van der Waals surface area contributed by atoms with Gasteiger partial charge in [0.05, 0.1) is 5.60 Å². The van der Waals surface area contributed by atoms with Gasteiger partial charge < -0.3 is 10.1 Å². The van der Waals surface area contributed by atoms with E-state index >= 15 is 0 Å². The lowest BCUT2D eigenvalue weighted by Gasteiger charge is -2.42. The summed E-state index contributed by atoms with van der Waals surface area (Å²) in [6.45, 7) is 11.8. The molecule has 2 rings (SSSR count). The van der Waals surface area contributed by atoms with Crippen LogP contribution in [0.25, 0.3) is 0 Å². The first-order valence-electron chi connectivity index (χ1n) is 7.68. The lowest BCUT2D eigenvalue weighted by molar-refractivity contribution is -0.0516. The number of hydrogen-bond donors (Lipinski definition) is 1. The predicted octanol–water partition coefficient (Wildman–Crippen LogP) is 2.41. The number of hydrogen-bond acceptors (Lipinski definition) is 3. The average Bonchev–Trinajstić information content (AvgIpc) is 2.53. The van der Waals surface area contributed by atoms with Gasteiger partial charge in [-0.2, -0.15) is 0 Å². The van der Waals surface area contributed by atoms with Crippen LogP contribution in [0.1, 0.15) is 53.4 Å². The molecular formula is C15H30N2O. The molecule has 2 heterocycles. The first-order valence-corrected chi connectivity index (χ1v) is 7.68. The van der Waals surface area contributed by atoms with Gasteiger partial charge in [0, 0.05) is 31.3 Å². The van der Waals surface area contributed by atoms with E-state index in [1.54, 1.807) is 0 Å². The molecule has 1 N–H and O–H groups in total. The monoisotopic (exact) mass is 254 g/mol. The van der Waals surface area contributed by atoms with Crippen LogP contribution in [0.5, 0.6) is 0 Å². The normalized spacial score (nSPS) is 33.0. The highest BCUT2D eigenvalue weighted by Gasteiger charge is 2.42. The second-order valence-corrected chi connectivity index (χ2v) is 6.48. The van der Waals surface area contributed by atoms with Crippen LogP contribution in [0.4, 0.5) is 0 Å². The maximum Gasteiger partial charge on any atom is 0.0752 e. The fourth-order valence-corrected chi connectivity index (χ4v) is 3.86. The van der Waals surface area contributed by atoms with E-state index < -0.39 is 0 Å². The summed E-state index contributed by atoms with van der Waals surface area (Å²) in [6, 6.07) is 2.32. The predicted molar refractivity (Wildman–Crippen MR) is 75.9 cm³/mol. The van der Waals surface area contributed by atoms with Crippen molar-refractivity contribution in [3.63, 3.8) is 0 Å². The molecule has 3 nitrogen and oxygen atoms in total. The quantitative estimate of drug-likeness (QED) is 0.788. The summed E-state index contributed by atoms with van der Waals surface area (Å²) in [4.78, 5) is 2.73. The van der Waals surface area contributed by atoms with Crippen LogP contribution in [0.3, 0.4) is 0 Å². The van der Waals surface area contributed by atoms with Crippen molar-refractivity contribution < 1.29 is 4.74 Å². The van der Waals surface area contributed by atoms with Crippen molar-refractivity contribution in [3.05, 3.63) is 0 Å². The highest BCUT2D eigenvalue weighted by molar-refractivity contribution is 4.99. The number of fused-ring (bicyclic) bond motifs is 2. The number of ether oxygens (including phenoxy) is 1. The summed E-state index contributed by atoms with van der Waals surface area (Å²) in [5, 5.41) is 3.64. The van der Waals surface area contributed by atoms with Crippen molar-refractivity contribution in [2.24, 2.45) is 0 Å². The molecule has 0 amide bonds. The van der Waals surface area contributed by atoms with Gasteiger partial charge in [-0.05, 0) is 53.0 Å². The molecule has 2 saturated heterocycles. The van der Waals surface area contributed by atoms with Crippen molar-refractivity contribution in [1.82, 2.24) is 10.2 Å². The molecular weight excluding hydrogens is 224 g/mol. The van der Waals surface area contributed by atoms with Crippen LogP contribution in [-0.2, 0) is 4.74 Å². The van der Waals surface area contributed by atoms with Gasteiger partial charge in [0.2, 0.25) is 0 Å². The second kappa shape index (κ2) is 5.89. The Morgan fingerprint density at radius 1 is 1.17 bits per heavy atom. The Bertz CT molecular complexity index is 253. The van der Waals surface area contributed by atoms with E-state index in [1.165, 1.54) is 25.7 Å². The summed E-state index contributed by atoms with van der Waals surface area (Å²) in [7, 11) is 0. The van der Waals surface area contributed by atoms with E-state index in [1.807, 2.05) is 0 Å². The minimum absolute atomic E-state index is 0.000607. The molecule has 2 fully saturated rings. The van der Waals surface area contributed by atoms with Gasteiger partial charge in [-0.25, -0.2) is 0 Å². The van der Waals surface area contributed by atoms with Crippen LogP contribution in [0, 0.1) is 0 Å². The van der Waals surface area contributed by atoms with Crippen molar-refractivity contribution >= 4 is 0 Å². The molecule has 2 aliphatic heterocycles. The maximum absolute atomic E-state index is 5.87. The zero-order valence-corrected chi connectivity index (χ0v) is 12.5. The summed E-state index contributed by atoms with van der Waals surface area (Å²) in [5.41, 5.74) is 0.000607. The summed E-state index contributed by atoms with van der Waals surface area (Å²) in [5.74, 6) is 0. The van der Waals surface area contributed by atoms with Crippen LogP contribution in [0.2, 0.25) is 0 Å². The van der Waals surface area contributed by atoms with Crippen LogP contribution in [-0.4, -0.2) is 48.3 Å². The van der Waals surface area contributed by atoms with E-state index in [4.69, 9.17) is 4.74 Å². The first-order chi connectivity index (χ1) is 8.55. The first kappa shape index (κ1) is 14.3. The summed E-state index contributed by atoms with van der Waals surface area (Å²) in [6.07, 6.45) is 5.42. The zero-order valence-electron chi connectivity index (χ0n) is 12.5. The molecule has 0 radical (unpaired) electrons. The van der Waals surface area contributed by atoms with Gasteiger partial charge in [-0.3, -0.25) is 4.90 Å². The molecule has 0 aromatic heterocycles. The molecule has 2 atom stereocenters. The van der Waals surface area contributed by atoms with E-state index in [2.05, 4.69) is 37.9 Å². The topological polar surface area (TPSA) is 24.5 Å². The third-order valence-corrected chi connectivity index (χ3v) is 4.48. The smallest absolute Gasteiger partial charge is 0.0752 e. The zero-order chi connectivity index (χ0) is 13.2. The largest absolute Gasteiger partial charge is 0.375 e. The SMILES string of the molecule is CCNC1CC2CCC(C1)N2CC(C)(C)OCC. The highest BCUT2D eigenvalue weighted by atomic mass is 16.5. The Morgan fingerprint density at radius 3 is 2.28 bits per heavy atom. The van der Waals surface area contributed by atoms with E-state index in [-0.39, 0.29) is 5.60 Å². The van der Waals surface area contributed by atoms with E-state index in [0.29, 0.717) is 0 Å². The van der Waals surface area contributed by atoms with Crippen LogP contribution in [0.15, 0.2) is 0 Å². The van der Waals surface area contributed by atoms with Crippen molar-refractivity contribution in [1.29, 1.82) is 0 Å². The molecule has 106 valence electrons.